The zero-order chi connectivity index (χ0) is 9.84. The van der Waals surface area contributed by atoms with E-state index in [9.17, 15) is 9.90 Å². The zero-order valence-corrected chi connectivity index (χ0v) is 8.54. The monoisotopic (exact) mass is 243 g/mol. The molecule has 1 aromatic rings. The number of hydrogen-bond donors (Lipinski definition) is 2. The Morgan fingerprint density at radius 2 is 2.23 bits per heavy atom. The lowest BCUT2D eigenvalue weighted by molar-refractivity contribution is -0.115. The lowest BCUT2D eigenvalue weighted by atomic mass is 10.1. The van der Waals surface area contributed by atoms with Crippen molar-refractivity contribution in [1.29, 1.82) is 0 Å². The van der Waals surface area contributed by atoms with E-state index in [-0.39, 0.29) is 23.6 Å². The first-order valence-corrected chi connectivity index (χ1v) is 4.91. The maximum absolute atomic E-state index is 11.1. The molecule has 0 saturated heterocycles. The van der Waals surface area contributed by atoms with Crippen LogP contribution in [0.4, 0.5) is 5.69 Å². The van der Waals surface area contributed by atoms with Crippen LogP contribution in [-0.4, -0.2) is 16.2 Å². The predicted molar refractivity (Wildman–Crippen MR) is 55.0 cm³/mol. The molecule has 0 aliphatic carbocycles. The van der Waals surface area contributed by atoms with Crippen LogP contribution in [0.5, 0.6) is 5.75 Å². The van der Waals surface area contributed by atoms with Gasteiger partial charge in [0, 0.05) is 6.42 Å². The number of para-hydroxylation sites is 1. The molecule has 0 heterocycles. The van der Waals surface area contributed by atoms with Crippen LogP contribution in [0, 0.1) is 0 Å². The van der Waals surface area contributed by atoms with Crippen molar-refractivity contribution in [2.45, 2.75) is 6.42 Å². The second-order valence-corrected chi connectivity index (χ2v) is 3.26. The van der Waals surface area contributed by atoms with E-state index in [0.29, 0.717) is 10.9 Å². The molecular formula is C9H10BrNO2. The molecule has 70 valence electrons. The Hall–Kier alpha value is -1.03. The van der Waals surface area contributed by atoms with E-state index in [1.165, 1.54) is 6.07 Å². The van der Waals surface area contributed by atoms with Gasteiger partial charge in [-0.15, -0.1) is 0 Å². The van der Waals surface area contributed by atoms with Gasteiger partial charge in [-0.1, -0.05) is 28.1 Å². The largest absolute Gasteiger partial charge is 0.506 e. The van der Waals surface area contributed by atoms with E-state index in [2.05, 4.69) is 15.9 Å². The van der Waals surface area contributed by atoms with Crippen LogP contribution < -0.4 is 5.73 Å². The average molecular weight is 244 g/mol. The van der Waals surface area contributed by atoms with Crippen molar-refractivity contribution in [2.24, 2.45) is 0 Å². The first kappa shape index (κ1) is 10.1. The fraction of sp³-hybridized carbons (Fsp3) is 0.222. The van der Waals surface area contributed by atoms with Gasteiger partial charge in [-0.3, -0.25) is 4.79 Å². The molecule has 0 aliphatic rings. The van der Waals surface area contributed by atoms with E-state index >= 15 is 0 Å². The van der Waals surface area contributed by atoms with Crippen molar-refractivity contribution in [1.82, 2.24) is 0 Å². The summed E-state index contributed by atoms with van der Waals surface area (Å²) in [6, 6.07) is 4.90. The quantitative estimate of drug-likeness (QED) is 0.481. The first-order chi connectivity index (χ1) is 6.15. The number of nitrogens with two attached hydrogens (primary N) is 1. The van der Waals surface area contributed by atoms with Gasteiger partial charge in [-0.25, -0.2) is 0 Å². The summed E-state index contributed by atoms with van der Waals surface area (Å²) < 4.78 is 0. The van der Waals surface area contributed by atoms with Gasteiger partial charge in [-0.2, -0.15) is 0 Å². The summed E-state index contributed by atoms with van der Waals surface area (Å²) >= 11 is 3.06. The molecule has 0 amide bonds. The number of hydrogen-bond acceptors (Lipinski definition) is 3. The number of nitrogen functional groups attached to an aromatic ring is 1. The number of aromatic hydroxyl groups is 1. The van der Waals surface area contributed by atoms with Crippen molar-refractivity contribution in [3.8, 4) is 5.75 Å². The van der Waals surface area contributed by atoms with E-state index in [4.69, 9.17) is 5.73 Å². The third-order valence-corrected chi connectivity index (χ3v) is 2.34. The highest BCUT2D eigenvalue weighted by Gasteiger charge is 2.07. The highest BCUT2D eigenvalue weighted by atomic mass is 79.9. The molecule has 3 nitrogen and oxygen atoms in total. The molecule has 1 rings (SSSR count). The Balaban J connectivity index is 2.89. The summed E-state index contributed by atoms with van der Waals surface area (Å²) in [6.07, 6.45) is 0.255. The first-order valence-electron chi connectivity index (χ1n) is 3.79. The standard InChI is InChI=1S/C9H10BrNO2/c10-5-7(12)4-6-2-1-3-8(13)9(6)11/h1-3,13H,4-5,11H2. The lowest BCUT2D eigenvalue weighted by Gasteiger charge is -2.04. The molecule has 0 saturated carbocycles. The van der Waals surface area contributed by atoms with Crippen LogP contribution in [0.15, 0.2) is 18.2 Å². The van der Waals surface area contributed by atoms with Gasteiger partial charge in [0.15, 0.2) is 0 Å². The van der Waals surface area contributed by atoms with Crippen molar-refractivity contribution < 1.29 is 9.90 Å². The van der Waals surface area contributed by atoms with Crippen LogP contribution in [0.3, 0.4) is 0 Å². The minimum Gasteiger partial charge on any atom is -0.506 e. The number of Topliss-reactive ketones (excluding diaryl/α,β-unsaturated/α-hetero) is 1. The minimum atomic E-state index is 0.0277. The highest BCUT2D eigenvalue weighted by Crippen LogP contribution is 2.23. The second-order valence-electron chi connectivity index (χ2n) is 2.70. The number of carbonyl (C=O) groups excluding carboxylic acids is 1. The number of ketones is 1. The topological polar surface area (TPSA) is 63.3 Å². The number of phenolic OH excluding ortho intramolecular Hbond substituents is 1. The zero-order valence-electron chi connectivity index (χ0n) is 6.96. The summed E-state index contributed by atoms with van der Waals surface area (Å²) in [6.45, 7) is 0. The van der Waals surface area contributed by atoms with Gasteiger partial charge in [0.2, 0.25) is 0 Å². The molecule has 1 aromatic carbocycles. The molecular weight excluding hydrogens is 234 g/mol. The van der Waals surface area contributed by atoms with E-state index in [1.54, 1.807) is 12.1 Å². The van der Waals surface area contributed by atoms with Crippen LogP contribution >= 0.6 is 15.9 Å². The van der Waals surface area contributed by atoms with Gasteiger partial charge in [0.1, 0.15) is 11.5 Å². The van der Waals surface area contributed by atoms with E-state index in [1.807, 2.05) is 0 Å². The van der Waals surface area contributed by atoms with E-state index < -0.39 is 0 Å². The van der Waals surface area contributed by atoms with Crippen LogP contribution in [0.1, 0.15) is 5.56 Å². The Bertz CT molecular complexity index is 325. The molecule has 0 fully saturated rings. The molecule has 0 radical (unpaired) electrons. The van der Waals surface area contributed by atoms with Gasteiger partial charge in [-0.05, 0) is 11.6 Å². The number of phenols is 1. The molecule has 13 heavy (non-hydrogen) atoms. The maximum Gasteiger partial charge on any atom is 0.147 e. The number of carbonyl (C=O) groups is 1. The summed E-state index contributed by atoms with van der Waals surface area (Å²) in [5.74, 6) is 0.0668. The Labute approximate surface area is 84.7 Å². The molecule has 4 heteroatoms. The Morgan fingerprint density at radius 1 is 1.54 bits per heavy atom. The van der Waals surface area contributed by atoms with Crippen molar-refractivity contribution in [2.75, 3.05) is 11.1 Å². The lowest BCUT2D eigenvalue weighted by Crippen LogP contribution is -2.05. The minimum absolute atomic E-state index is 0.0277. The second kappa shape index (κ2) is 4.28. The average Bonchev–Trinajstić information content (AvgIpc) is 2.13. The number of benzene rings is 1. The van der Waals surface area contributed by atoms with Crippen LogP contribution in [-0.2, 0) is 11.2 Å². The molecule has 0 aliphatic heterocycles. The summed E-state index contributed by atoms with van der Waals surface area (Å²) in [7, 11) is 0. The predicted octanol–water partition coefficient (Wildman–Crippen LogP) is 1.48. The Morgan fingerprint density at radius 3 is 2.85 bits per heavy atom. The number of alkyl halides is 1. The molecule has 3 N–H and O–H groups in total. The van der Waals surface area contributed by atoms with E-state index in [0.717, 1.165) is 0 Å². The van der Waals surface area contributed by atoms with Gasteiger partial charge in [0.05, 0.1) is 11.0 Å². The normalized spacial score (nSPS) is 9.92. The highest BCUT2D eigenvalue weighted by molar-refractivity contribution is 9.09. The van der Waals surface area contributed by atoms with Gasteiger partial charge in [0.25, 0.3) is 0 Å². The third-order valence-electron chi connectivity index (χ3n) is 1.71. The maximum atomic E-state index is 11.1. The summed E-state index contributed by atoms with van der Waals surface area (Å²) in [5, 5.41) is 9.55. The Kier molecular flexibility index (Phi) is 3.31. The SMILES string of the molecule is Nc1c(O)cccc1CC(=O)CBr. The van der Waals surface area contributed by atoms with Crippen LogP contribution in [0.2, 0.25) is 0 Å². The van der Waals surface area contributed by atoms with Gasteiger partial charge >= 0.3 is 0 Å². The third kappa shape index (κ3) is 2.45. The van der Waals surface area contributed by atoms with Crippen molar-refractivity contribution in [3.05, 3.63) is 23.8 Å². The number of anilines is 1. The smallest absolute Gasteiger partial charge is 0.147 e. The van der Waals surface area contributed by atoms with Crippen molar-refractivity contribution >= 4 is 27.4 Å². The van der Waals surface area contributed by atoms with Crippen LogP contribution in [0.25, 0.3) is 0 Å². The number of halogens is 1. The molecule has 0 aromatic heterocycles. The molecule has 0 spiro atoms. The fourth-order valence-electron chi connectivity index (χ4n) is 1.01. The number of rotatable bonds is 3. The summed E-state index contributed by atoms with van der Waals surface area (Å²) in [5.41, 5.74) is 6.53. The molecule has 0 bridgehead atoms. The fourth-order valence-corrected chi connectivity index (χ4v) is 1.21. The summed E-state index contributed by atoms with van der Waals surface area (Å²) in [4.78, 5) is 11.1. The molecule has 0 atom stereocenters. The van der Waals surface area contributed by atoms with Crippen molar-refractivity contribution in [3.63, 3.8) is 0 Å². The van der Waals surface area contributed by atoms with Gasteiger partial charge < -0.3 is 10.8 Å². The molecule has 0 unspecified atom stereocenters.